The van der Waals surface area contributed by atoms with E-state index in [4.69, 9.17) is 5.11 Å². The van der Waals surface area contributed by atoms with E-state index in [1.54, 1.807) is 36.4 Å². The number of halogens is 1. The van der Waals surface area contributed by atoms with E-state index in [0.29, 0.717) is 16.0 Å². The number of benzene rings is 2. The van der Waals surface area contributed by atoms with Crippen molar-refractivity contribution in [2.24, 2.45) is 0 Å². The molecule has 2 aromatic carbocycles. The Labute approximate surface area is 130 Å². The predicted octanol–water partition coefficient (Wildman–Crippen LogP) is 3.39. The number of aliphatic carboxylic acids is 1. The maximum Gasteiger partial charge on any atom is 0.337 e. The fourth-order valence-electron chi connectivity index (χ4n) is 1.82. The van der Waals surface area contributed by atoms with Crippen LogP contribution in [0.5, 0.6) is 0 Å². The van der Waals surface area contributed by atoms with Crippen molar-refractivity contribution in [3.8, 4) is 0 Å². The van der Waals surface area contributed by atoms with Crippen LogP contribution in [0.1, 0.15) is 15.9 Å². The Morgan fingerprint density at radius 1 is 1.18 bits per heavy atom. The highest BCUT2D eigenvalue weighted by atomic mass is 32.2. The molecule has 0 saturated heterocycles. The molecule has 0 spiro atoms. The summed E-state index contributed by atoms with van der Waals surface area (Å²) in [6.45, 7) is 0. The monoisotopic (exact) mass is 320 g/mol. The normalized spacial score (nSPS) is 10.3. The third-order valence-corrected chi connectivity index (χ3v) is 3.91. The van der Waals surface area contributed by atoms with Crippen molar-refractivity contribution in [3.63, 3.8) is 0 Å². The first kappa shape index (κ1) is 16.0. The molecule has 0 aliphatic carbocycles. The first-order valence-corrected chi connectivity index (χ1v) is 7.17. The van der Waals surface area contributed by atoms with Gasteiger partial charge in [0.25, 0.3) is 0 Å². The molecule has 2 aromatic rings. The van der Waals surface area contributed by atoms with Crippen molar-refractivity contribution in [3.05, 3.63) is 59.4 Å². The van der Waals surface area contributed by atoms with E-state index >= 15 is 0 Å². The lowest BCUT2D eigenvalue weighted by atomic mass is 10.1. The number of carboxylic acids is 1. The lowest BCUT2D eigenvalue weighted by Gasteiger charge is -2.06. The Balaban J connectivity index is 2.13. The van der Waals surface area contributed by atoms with Crippen molar-refractivity contribution in [2.45, 2.75) is 16.2 Å². The van der Waals surface area contributed by atoms with Crippen LogP contribution in [-0.4, -0.2) is 24.2 Å². The van der Waals surface area contributed by atoms with Crippen molar-refractivity contribution in [2.75, 3.05) is 7.11 Å². The summed E-state index contributed by atoms with van der Waals surface area (Å²) in [7, 11) is 1.30. The van der Waals surface area contributed by atoms with Gasteiger partial charge in [0.15, 0.2) is 0 Å². The largest absolute Gasteiger partial charge is 0.481 e. The van der Waals surface area contributed by atoms with Crippen LogP contribution in [0.2, 0.25) is 0 Å². The molecule has 1 N–H and O–H groups in total. The van der Waals surface area contributed by atoms with E-state index in [9.17, 15) is 14.0 Å². The third kappa shape index (κ3) is 4.08. The number of rotatable bonds is 5. The summed E-state index contributed by atoms with van der Waals surface area (Å²) in [5.74, 6) is -1.90. The van der Waals surface area contributed by atoms with E-state index in [0.717, 1.165) is 4.90 Å². The van der Waals surface area contributed by atoms with Gasteiger partial charge in [0, 0.05) is 9.79 Å². The molecule has 0 fully saturated rings. The van der Waals surface area contributed by atoms with Gasteiger partial charge in [-0.3, -0.25) is 4.79 Å². The Kier molecular flexibility index (Phi) is 5.16. The lowest BCUT2D eigenvalue weighted by molar-refractivity contribution is -0.136. The van der Waals surface area contributed by atoms with Crippen molar-refractivity contribution in [1.29, 1.82) is 0 Å². The molecular weight excluding hydrogens is 307 g/mol. The Morgan fingerprint density at radius 3 is 2.41 bits per heavy atom. The lowest BCUT2D eigenvalue weighted by Crippen LogP contribution is -2.00. The minimum Gasteiger partial charge on any atom is -0.481 e. The van der Waals surface area contributed by atoms with Gasteiger partial charge in [-0.1, -0.05) is 17.8 Å². The number of ether oxygens (including phenoxy) is 1. The number of carbonyl (C=O) groups excluding carboxylic acids is 1. The molecule has 22 heavy (non-hydrogen) atoms. The fraction of sp³-hybridized carbons (Fsp3) is 0.125. The topological polar surface area (TPSA) is 63.6 Å². The SMILES string of the molecule is COC(=O)c1ccc(Sc2ccc(CC(=O)O)cc2F)cc1. The fourth-order valence-corrected chi connectivity index (χ4v) is 2.63. The zero-order valence-corrected chi connectivity index (χ0v) is 12.5. The number of carboxylic acid groups (broad SMARTS) is 1. The number of carbonyl (C=O) groups is 2. The van der Waals surface area contributed by atoms with Crippen LogP contribution < -0.4 is 0 Å². The minimum atomic E-state index is -1.00. The average molecular weight is 320 g/mol. The number of esters is 1. The number of hydrogen-bond acceptors (Lipinski definition) is 4. The highest BCUT2D eigenvalue weighted by Gasteiger charge is 2.09. The van der Waals surface area contributed by atoms with E-state index in [-0.39, 0.29) is 6.42 Å². The summed E-state index contributed by atoms with van der Waals surface area (Å²) < 4.78 is 18.6. The van der Waals surface area contributed by atoms with Crippen LogP contribution in [0.25, 0.3) is 0 Å². The standard InChI is InChI=1S/C16H13FO4S/c1-21-16(20)11-3-5-12(6-4-11)22-14-7-2-10(8-13(14)17)9-15(18)19/h2-8H,9H2,1H3,(H,18,19). The van der Waals surface area contributed by atoms with E-state index in [1.807, 2.05) is 0 Å². The molecule has 0 aliphatic heterocycles. The van der Waals surface area contributed by atoms with Crippen LogP contribution in [0.15, 0.2) is 52.3 Å². The minimum absolute atomic E-state index is 0.213. The van der Waals surface area contributed by atoms with Crippen LogP contribution in [0, 0.1) is 5.82 Å². The van der Waals surface area contributed by atoms with Gasteiger partial charge in [0.05, 0.1) is 19.1 Å². The smallest absolute Gasteiger partial charge is 0.337 e. The average Bonchev–Trinajstić information content (AvgIpc) is 2.49. The molecule has 0 heterocycles. The van der Waals surface area contributed by atoms with E-state index < -0.39 is 17.8 Å². The number of methoxy groups -OCH3 is 1. The molecule has 0 atom stereocenters. The van der Waals surface area contributed by atoms with Gasteiger partial charge in [-0.25, -0.2) is 9.18 Å². The molecule has 6 heteroatoms. The maximum atomic E-state index is 14.0. The van der Waals surface area contributed by atoms with Crippen LogP contribution in [0.3, 0.4) is 0 Å². The summed E-state index contributed by atoms with van der Waals surface area (Å²) in [6, 6.07) is 11.0. The second kappa shape index (κ2) is 7.09. The summed E-state index contributed by atoms with van der Waals surface area (Å²) in [5, 5.41) is 8.69. The highest BCUT2D eigenvalue weighted by molar-refractivity contribution is 7.99. The summed E-state index contributed by atoms with van der Waals surface area (Å²) in [4.78, 5) is 23.1. The second-order valence-corrected chi connectivity index (χ2v) is 5.57. The van der Waals surface area contributed by atoms with Gasteiger partial charge in [-0.2, -0.15) is 0 Å². The van der Waals surface area contributed by atoms with Gasteiger partial charge >= 0.3 is 11.9 Å². The zero-order valence-electron chi connectivity index (χ0n) is 11.7. The highest BCUT2D eigenvalue weighted by Crippen LogP contribution is 2.30. The van der Waals surface area contributed by atoms with Crippen LogP contribution in [0.4, 0.5) is 4.39 Å². The maximum absolute atomic E-state index is 14.0. The first-order valence-electron chi connectivity index (χ1n) is 6.36. The van der Waals surface area contributed by atoms with Gasteiger partial charge in [-0.15, -0.1) is 0 Å². The molecule has 0 amide bonds. The Morgan fingerprint density at radius 2 is 1.86 bits per heavy atom. The van der Waals surface area contributed by atoms with Gasteiger partial charge < -0.3 is 9.84 Å². The Bertz CT molecular complexity index is 698. The predicted molar refractivity (Wildman–Crippen MR) is 79.6 cm³/mol. The second-order valence-electron chi connectivity index (χ2n) is 4.45. The van der Waals surface area contributed by atoms with Crippen molar-refractivity contribution >= 4 is 23.7 Å². The van der Waals surface area contributed by atoms with Crippen LogP contribution >= 0.6 is 11.8 Å². The Hall–Kier alpha value is -2.34. The van der Waals surface area contributed by atoms with E-state index in [2.05, 4.69) is 4.74 Å². The van der Waals surface area contributed by atoms with Gasteiger partial charge in [0.2, 0.25) is 0 Å². The molecule has 4 nitrogen and oxygen atoms in total. The molecular formula is C16H13FO4S. The molecule has 0 bridgehead atoms. The quantitative estimate of drug-likeness (QED) is 0.856. The molecule has 0 aliphatic rings. The summed E-state index contributed by atoms with van der Waals surface area (Å²) in [5.41, 5.74) is 0.833. The summed E-state index contributed by atoms with van der Waals surface area (Å²) >= 11 is 1.20. The molecule has 0 radical (unpaired) electrons. The molecule has 0 unspecified atom stereocenters. The van der Waals surface area contributed by atoms with Crippen molar-refractivity contribution in [1.82, 2.24) is 0 Å². The molecule has 0 aromatic heterocycles. The first-order chi connectivity index (χ1) is 10.5. The molecule has 2 rings (SSSR count). The third-order valence-electron chi connectivity index (χ3n) is 2.85. The zero-order chi connectivity index (χ0) is 16.1. The molecule has 0 saturated carbocycles. The number of hydrogen-bond donors (Lipinski definition) is 1. The van der Waals surface area contributed by atoms with Crippen molar-refractivity contribution < 1.29 is 23.8 Å². The van der Waals surface area contributed by atoms with E-state index in [1.165, 1.54) is 24.9 Å². The van der Waals surface area contributed by atoms with Crippen LogP contribution in [-0.2, 0) is 16.0 Å². The van der Waals surface area contributed by atoms with Gasteiger partial charge in [0.1, 0.15) is 5.82 Å². The molecule has 114 valence electrons. The van der Waals surface area contributed by atoms with Gasteiger partial charge in [-0.05, 0) is 42.0 Å². The summed E-state index contributed by atoms with van der Waals surface area (Å²) in [6.07, 6.45) is -0.213.